The Morgan fingerprint density at radius 1 is 0.938 bits per heavy atom. The molecule has 0 aromatic heterocycles. The quantitative estimate of drug-likeness (QED) is 0.653. The molecule has 0 bridgehead atoms. The molecule has 0 N–H and O–H groups in total. The van der Waals surface area contributed by atoms with Crippen molar-refractivity contribution >= 4 is 17.3 Å². The standard InChI is InChI=1S/C13H22O3/c1-8(2)7-12(16)13(9(3)4,10(5)14)11(6)15/h8-9H,7H2,1-6H3. The lowest BCUT2D eigenvalue weighted by Gasteiger charge is -2.31. The molecule has 0 aliphatic heterocycles. The molecule has 0 saturated heterocycles. The molecule has 0 heterocycles. The van der Waals surface area contributed by atoms with E-state index in [1.165, 1.54) is 13.8 Å². The number of ketones is 3. The van der Waals surface area contributed by atoms with Gasteiger partial charge in [0.2, 0.25) is 0 Å². The van der Waals surface area contributed by atoms with Gasteiger partial charge in [-0.3, -0.25) is 14.4 Å². The van der Waals surface area contributed by atoms with Crippen LogP contribution in [-0.4, -0.2) is 17.3 Å². The van der Waals surface area contributed by atoms with Gasteiger partial charge in [0.1, 0.15) is 5.41 Å². The Balaban J connectivity index is 5.45. The van der Waals surface area contributed by atoms with Crippen molar-refractivity contribution in [2.45, 2.75) is 48.0 Å². The number of rotatable bonds is 6. The van der Waals surface area contributed by atoms with Crippen molar-refractivity contribution in [3.63, 3.8) is 0 Å². The fourth-order valence-electron chi connectivity index (χ4n) is 2.31. The molecule has 0 aromatic carbocycles. The van der Waals surface area contributed by atoms with Gasteiger partial charge in [-0.05, 0) is 25.7 Å². The van der Waals surface area contributed by atoms with E-state index in [0.29, 0.717) is 0 Å². The van der Waals surface area contributed by atoms with E-state index in [-0.39, 0.29) is 35.6 Å². The lowest BCUT2D eigenvalue weighted by Crippen LogP contribution is -2.48. The molecule has 0 saturated carbocycles. The minimum absolute atomic E-state index is 0.157. The Morgan fingerprint density at radius 2 is 1.31 bits per heavy atom. The van der Waals surface area contributed by atoms with Crippen molar-refractivity contribution in [1.29, 1.82) is 0 Å². The normalized spacial score (nSPS) is 12.0. The molecule has 0 spiro atoms. The van der Waals surface area contributed by atoms with Gasteiger partial charge in [-0.25, -0.2) is 0 Å². The monoisotopic (exact) mass is 226 g/mol. The zero-order valence-electron chi connectivity index (χ0n) is 11.1. The van der Waals surface area contributed by atoms with Gasteiger partial charge in [-0.15, -0.1) is 0 Å². The van der Waals surface area contributed by atoms with Crippen LogP contribution in [-0.2, 0) is 14.4 Å². The van der Waals surface area contributed by atoms with Crippen LogP contribution in [0.4, 0.5) is 0 Å². The Hall–Kier alpha value is -0.990. The summed E-state index contributed by atoms with van der Waals surface area (Å²) in [4.78, 5) is 35.6. The summed E-state index contributed by atoms with van der Waals surface area (Å²) in [7, 11) is 0. The van der Waals surface area contributed by atoms with Crippen LogP contribution in [0, 0.1) is 17.3 Å². The third-order valence-corrected chi connectivity index (χ3v) is 3.01. The molecule has 16 heavy (non-hydrogen) atoms. The van der Waals surface area contributed by atoms with E-state index in [4.69, 9.17) is 0 Å². The summed E-state index contributed by atoms with van der Waals surface area (Å²) in [6.45, 7) is 9.98. The van der Waals surface area contributed by atoms with Gasteiger partial charge >= 0.3 is 0 Å². The van der Waals surface area contributed by atoms with E-state index in [2.05, 4.69) is 0 Å². The van der Waals surface area contributed by atoms with Gasteiger partial charge in [0.15, 0.2) is 17.3 Å². The van der Waals surface area contributed by atoms with Crippen LogP contribution < -0.4 is 0 Å². The number of carbonyl (C=O) groups excluding carboxylic acids is 3. The van der Waals surface area contributed by atoms with E-state index in [0.717, 1.165) is 0 Å². The zero-order chi connectivity index (χ0) is 13.1. The topological polar surface area (TPSA) is 51.2 Å². The van der Waals surface area contributed by atoms with Crippen LogP contribution in [0.15, 0.2) is 0 Å². The molecule has 0 radical (unpaired) electrons. The second-order valence-corrected chi connectivity index (χ2v) is 5.10. The highest BCUT2D eigenvalue weighted by Gasteiger charge is 2.49. The molecule has 0 aromatic rings. The van der Waals surface area contributed by atoms with Gasteiger partial charge in [0.05, 0.1) is 0 Å². The second-order valence-electron chi connectivity index (χ2n) is 5.10. The molecule has 0 fully saturated rings. The van der Waals surface area contributed by atoms with Crippen molar-refractivity contribution < 1.29 is 14.4 Å². The molecule has 0 unspecified atom stereocenters. The smallest absolute Gasteiger partial charge is 0.154 e. The Labute approximate surface area is 97.6 Å². The summed E-state index contributed by atoms with van der Waals surface area (Å²) in [5.41, 5.74) is -1.43. The van der Waals surface area contributed by atoms with Crippen molar-refractivity contribution in [2.24, 2.45) is 17.3 Å². The first kappa shape index (κ1) is 15.0. The fraction of sp³-hybridized carbons (Fsp3) is 0.769. The molecule has 0 atom stereocenters. The van der Waals surface area contributed by atoms with Crippen molar-refractivity contribution in [3.05, 3.63) is 0 Å². The first-order chi connectivity index (χ1) is 7.17. The summed E-state index contributed by atoms with van der Waals surface area (Å²) < 4.78 is 0. The third kappa shape index (κ3) is 2.57. The Kier molecular flexibility index (Phi) is 5.04. The highest BCUT2D eigenvalue weighted by atomic mass is 16.2. The van der Waals surface area contributed by atoms with Crippen LogP contribution in [0.5, 0.6) is 0 Å². The summed E-state index contributed by atoms with van der Waals surface area (Å²) in [6, 6.07) is 0. The van der Waals surface area contributed by atoms with Gasteiger partial charge in [0.25, 0.3) is 0 Å². The lowest BCUT2D eigenvalue weighted by atomic mass is 9.66. The first-order valence-electron chi connectivity index (χ1n) is 5.72. The van der Waals surface area contributed by atoms with Crippen LogP contribution in [0.2, 0.25) is 0 Å². The molecule has 3 heteroatoms. The average molecular weight is 226 g/mol. The Morgan fingerprint density at radius 3 is 1.50 bits per heavy atom. The van der Waals surface area contributed by atoms with Gasteiger partial charge in [-0.1, -0.05) is 27.7 Å². The zero-order valence-corrected chi connectivity index (χ0v) is 11.1. The van der Waals surface area contributed by atoms with Crippen molar-refractivity contribution in [2.75, 3.05) is 0 Å². The number of hydrogen-bond acceptors (Lipinski definition) is 3. The summed E-state index contributed by atoms with van der Waals surface area (Å²) in [5.74, 6) is -1.03. The molecule has 3 nitrogen and oxygen atoms in total. The van der Waals surface area contributed by atoms with Gasteiger partial charge in [-0.2, -0.15) is 0 Å². The predicted octanol–water partition coefficient (Wildman–Crippen LogP) is 2.42. The van der Waals surface area contributed by atoms with E-state index < -0.39 is 5.41 Å². The van der Waals surface area contributed by atoms with Crippen LogP contribution in [0.1, 0.15) is 48.0 Å². The fourth-order valence-corrected chi connectivity index (χ4v) is 2.31. The van der Waals surface area contributed by atoms with E-state index in [9.17, 15) is 14.4 Å². The van der Waals surface area contributed by atoms with Crippen LogP contribution >= 0.6 is 0 Å². The molecular weight excluding hydrogens is 204 g/mol. The number of carbonyl (C=O) groups is 3. The number of Topliss-reactive ketones (excluding diaryl/α,β-unsaturated/α-hetero) is 3. The molecule has 0 aliphatic carbocycles. The largest absolute Gasteiger partial charge is 0.298 e. The average Bonchev–Trinajstić information content (AvgIpc) is 1.99. The van der Waals surface area contributed by atoms with E-state index >= 15 is 0 Å². The maximum absolute atomic E-state index is 12.2. The molecule has 0 amide bonds. The SMILES string of the molecule is CC(=O)C(C(C)=O)(C(=O)CC(C)C)C(C)C. The summed E-state index contributed by atoms with van der Waals surface area (Å²) in [5, 5.41) is 0. The molecule has 92 valence electrons. The second kappa shape index (κ2) is 5.37. The first-order valence-corrected chi connectivity index (χ1v) is 5.72. The van der Waals surface area contributed by atoms with E-state index in [1.807, 2.05) is 13.8 Å². The van der Waals surface area contributed by atoms with E-state index in [1.54, 1.807) is 13.8 Å². The molecular formula is C13H22O3. The van der Waals surface area contributed by atoms with Crippen molar-refractivity contribution in [3.8, 4) is 0 Å². The Bertz CT molecular complexity index is 286. The predicted molar refractivity (Wildman–Crippen MR) is 63.1 cm³/mol. The maximum atomic E-state index is 12.2. The minimum atomic E-state index is -1.43. The highest BCUT2D eigenvalue weighted by Crippen LogP contribution is 2.33. The van der Waals surface area contributed by atoms with Crippen LogP contribution in [0.3, 0.4) is 0 Å². The highest BCUT2D eigenvalue weighted by molar-refractivity contribution is 6.23. The number of hydrogen-bond donors (Lipinski definition) is 0. The van der Waals surface area contributed by atoms with Gasteiger partial charge in [0, 0.05) is 6.42 Å². The van der Waals surface area contributed by atoms with Crippen LogP contribution in [0.25, 0.3) is 0 Å². The molecule has 0 rings (SSSR count). The summed E-state index contributed by atoms with van der Waals surface area (Å²) >= 11 is 0. The van der Waals surface area contributed by atoms with Gasteiger partial charge < -0.3 is 0 Å². The summed E-state index contributed by atoms with van der Waals surface area (Å²) in [6.07, 6.45) is 0.275. The molecule has 0 aliphatic rings. The van der Waals surface area contributed by atoms with Crippen molar-refractivity contribution in [1.82, 2.24) is 0 Å². The lowest BCUT2D eigenvalue weighted by molar-refractivity contribution is -0.150. The minimum Gasteiger partial charge on any atom is -0.298 e. The maximum Gasteiger partial charge on any atom is 0.154 e. The third-order valence-electron chi connectivity index (χ3n) is 3.01.